The molecule has 0 N–H and O–H groups in total. The van der Waals surface area contributed by atoms with Crippen molar-refractivity contribution in [3.8, 4) is 34.5 Å². The van der Waals surface area contributed by atoms with Gasteiger partial charge in [0, 0.05) is 11.1 Å². The van der Waals surface area contributed by atoms with Gasteiger partial charge in [-0.15, -0.1) is 10.2 Å². The maximum Gasteiger partial charge on any atom is 0.315 e. The van der Waals surface area contributed by atoms with Crippen molar-refractivity contribution in [2.75, 3.05) is 21.3 Å². The summed E-state index contributed by atoms with van der Waals surface area (Å²) in [6, 6.07) is 10.2. The highest BCUT2D eigenvalue weighted by Gasteiger charge is 2.18. The summed E-state index contributed by atoms with van der Waals surface area (Å²) >= 11 is 0. The average molecular weight is 370 g/mol. The van der Waals surface area contributed by atoms with Crippen LogP contribution in [0.3, 0.4) is 0 Å². The van der Waals surface area contributed by atoms with Gasteiger partial charge in [-0.2, -0.15) is 0 Å². The first-order valence-corrected chi connectivity index (χ1v) is 8.01. The van der Waals surface area contributed by atoms with Crippen LogP contribution in [0.2, 0.25) is 0 Å². The van der Waals surface area contributed by atoms with Crippen molar-refractivity contribution in [3.63, 3.8) is 0 Å². The van der Waals surface area contributed by atoms with Crippen molar-refractivity contribution in [1.82, 2.24) is 10.2 Å². The molecule has 3 aromatic rings. The number of methoxy groups -OCH3 is 3. The lowest BCUT2D eigenvalue weighted by molar-refractivity contribution is -0.133. The van der Waals surface area contributed by atoms with Gasteiger partial charge in [-0.3, -0.25) is 4.79 Å². The molecule has 1 heterocycles. The van der Waals surface area contributed by atoms with Gasteiger partial charge in [-0.25, -0.2) is 0 Å². The Kier molecular flexibility index (Phi) is 5.55. The van der Waals surface area contributed by atoms with Crippen molar-refractivity contribution < 1.29 is 28.2 Å². The number of nitrogens with zero attached hydrogens (tertiary/aromatic N) is 2. The minimum atomic E-state index is -0.439. The zero-order valence-electron chi connectivity index (χ0n) is 15.1. The molecular formula is C19H18N2O6. The van der Waals surface area contributed by atoms with E-state index in [1.807, 2.05) is 0 Å². The lowest BCUT2D eigenvalue weighted by Crippen LogP contribution is -2.12. The van der Waals surface area contributed by atoms with Crippen LogP contribution in [0, 0.1) is 0 Å². The molecule has 0 fully saturated rings. The summed E-state index contributed by atoms with van der Waals surface area (Å²) in [6.07, 6.45) is 1.26. The average Bonchev–Trinajstić information content (AvgIpc) is 3.22. The molecule has 0 bridgehead atoms. The summed E-state index contributed by atoms with van der Waals surface area (Å²) in [5.74, 6) is 1.73. The van der Waals surface area contributed by atoms with Crippen molar-refractivity contribution in [2.24, 2.45) is 0 Å². The normalized spacial score (nSPS) is 10.3. The Hall–Kier alpha value is -3.55. The van der Waals surface area contributed by atoms with E-state index in [-0.39, 0.29) is 6.42 Å². The molecule has 0 amide bonds. The molecule has 27 heavy (non-hydrogen) atoms. The monoisotopic (exact) mass is 370 g/mol. The van der Waals surface area contributed by atoms with E-state index in [9.17, 15) is 4.79 Å². The van der Waals surface area contributed by atoms with Gasteiger partial charge >= 0.3 is 5.97 Å². The van der Waals surface area contributed by atoms with Crippen LogP contribution in [0.25, 0.3) is 11.5 Å². The molecule has 0 unspecified atom stereocenters. The SMILES string of the molecule is COc1ccc(CC(=O)Oc2ccc(-c3nnco3)cc2)c(OC)c1OC. The number of hydrogen-bond donors (Lipinski definition) is 0. The fraction of sp³-hybridized carbons (Fsp3) is 0.211. The Bertz CT molecular complexity index is 907. The third-order valence-corrected chi connectivity index (χ3v) is 3.81. The highest BCUT2D eigenvalue weighted by Crippen LogP contribution is 2.40. The van der Waals surface area contributed by atoms with E-state index >= 15 is 0 Å². The van der Waals surface area contributed by atoms with Crippen molar-refractivity contribution in [2.45, 2.75) is 6.42 Å². The maximum absolute atomic E-state index is 12.3. The molecule has 2 aromatic carbocycles. The largest absolute Gasteiger partial charge is 0.493 e. The van der Waals surface area contributed by atoms with Gasteiger partial charge in [0.1, 0.15) is 5.75 Å². The molecule has 1 aromatic heterocycles. The minimum Gasteiger partial charge on any atom is -0.493 e. The van der Waals surface area contributed by atoms with Gasteiger partial charge in [0.15, 0.2) is 11.5 Å². The summed E-state index contributed by atoms with van der Waals surface area (Å²) in [4.78, 5) is 12.3. The third kappa shape index (κ3) is 4.00. The van der Waals surface area contributed by atoms with Crippen LogP contribution in [0.15, 0.2) is 47.2 Å². The fourth-order valence-corrected chi connectivity index (χ4v) is 2.59. The number of rotatable bonds is 7. The second kappa shape index (κ2) is 8.22. The number of carbonyl (C=O) groups is 1. The lowest BCUT2D eigenvalue weighted by atomic mass is 10.1. The van der Waals surface area contributed by atoms with E-state index < -0.39 is 5.97 Å². The van der Waals surface area contributed by atoms with Crippen molar-refractivity contribution in [1.29, 1.82) is 0 Å². The molecule has 3 rings (SSSR count). The Morgan fingerprint density at radius 1 is 0.963 bits per heavy atom. The Labute approximate surface area is 155 Å². The zero-order valence-corrected chi connectivity index (χ0v) is 15.1. The molecule has 0 aliphatic carbocycles. The Morgan fingerprint density at radius 2 is 1.70 bits per heavy atom. The number of ether oxygens (including phenoxy) is 4. The van der Waals surface area contributed by atoms with Crippen LogP contribution in [0.5, 0.6) is 23.0 Å². The van der Waals surface area contributed by atoms with Crippen LogP contribution in [-0.2, 0) is 11.2 Å². The first-order chi connectivity index (χ1) is 13.2. The highest BCUT2D eigenvalue weighted by atomic mass is 16.5. The zero-order chi connectivity index (χ0) is 19.2. The third-order valence-electron chi connectivity index (χ3n) is 3.81. The molecule has 0 spiro atoms. The summed E-state index contributed by atoms with van der Waals surface area (Å²) in [5.41, 5.74) is 1.36. The van der Waals surface area contributed by atoms with E-state index in [2.05, 4.69) is 10.2 Å². The molecule has 140 valence electrons. The molecule has 8 nitrogen and oxygen atoms in total. The molecule has 8 heteroatoms. The Balaban J connectivity index is 1.72. The van der Waals surface area contributed by atoms with E-state index in [0.717, 1.165) is 5.56 Å². The highest BCUT2D eigenvalue weighted by molar-refractivity contribution is 5.77. The predicted octanol–water partition coefficient (Wildman–Crippen LogP) is 2.91. The van der Waals surface area contributed by atoms with Gasteiger partial charge < -0.3 is 23.4 Å². The molecule has 0 radical (unpaired) electrons. The topological polar surface area (TPSA) is 92.9 Å². The molecule has 0 saturated heterocycles. The van der Waals surface area contributed by atoms with Gasteiger partial charge in [0.2, 0.25) is 18.0 Å². The van der Waals surface area contributed by atoms with Gasteiger partial charge in [-0.05, 0) is 30.3 Å². The second-order valence-electron chi connectivity index (χ2n) is 5.41. The number of aromatic nitrogens is 2. The summed E-state index contributed by atoms with van der Waals surface area (Å²) in [6.45, 7) is 0. The standard InChI is InChI=1S/C19H18N2O6/c1-23-15-9-6-13(17(24-2)18(15)25-3)10-16(22)27-14-7-4-12(5-8-14)19-21-20-11-26-19/h4-9,11H,10H2,1-3H3. The van der Waals surface area contributed by atoms with Crippen LogP contribution in [0.1, 0.15) is 5.56 Å². The fourth-order valence-electron chi connectivity index (χ4n) is 2.59. The summed E-state index contributed by atoms with van der Waals surface area (Å²) < 4.78 is 26.5. The Morgan fingerprint density at radius 3 is 2.30 bits per heavy atom. The van der Waals surface area contributed by atoms with E-state index in [1.165, 1.54) is 27.7 Å². The van der Waals surface area contributed by atoms with Gasteiger partial charge in [0.25, 0.3) is 0 Å². The van der Waals surface area contributed by atoms with Crippen molar-refractivity contribution in [3.05, 3.63) is 48.4 Å². The molecular weight excluding hydrogens is 352 g/mol. The molecule has 0 saturated carbocycles. The smallest absolute Gasteiger partial charge is 0.315 e. The van der Waals surface area contributed by atoms with Gasteiger partial charge in [0.05, 0.1) is 27.8 Å². The van der Waals surface area contributed by atoms with E-state index in [0.29, 0.717) is 34.5 Å². The van der Waals surface area contributed by atoms with Crippen LogP contribution < -0.4 is 18.9 Å². The van der Waals surface area contributed by atoms with E-state index in [1.54, 1.807) is 36.4 Å². The molecule has 0 aliphatic heterocycles. The second-order valence-corrected chi connectivity index (χ2v) is 5.41. The van der Waals surface area contributed by atoms with Crippen LogP contribution in [-0.4, -0.2) is 37.5 Å². The summed E-state index contributed by atoms with van der Waals surface area (Å²) in [5, 5.41) is 7.45. The predicted molar refractivity (Wildman–Crippen MR) is 95.2 cm³/mol. The maximum atomic E-state index is 12.3. The molecule has 0 aliphatic rings. The number of benzene rings is 2. The summed E-state index contributed by atoms with van der Waals surface area (Å²) in [7, 11) is 4.54. The minimum absolute atomic E-state index is 0.00887. The quantitative estimate of drug-likeness (QED) is 0.463. The lowest BCUT2D eigenvalue weighted by Gasteiger charge is -2.15. The van der Waals surface area contributed by atoms with Crippen LogP contribution in [0.4, 0.5) is 0 Å². The number of esters is 1. The number of hydrogen-bond acceptors (Lipinski definition) is 8. The molecule has 0 atom stereocenters. The van der Waals surface area contributed by atoms with Gasteiger partial charge in [-0.1, -0.05) is 6.07 Å². The van der Waals surface area contributed by atoms with E-state index in [4.69, 9.17) is 23.4 Å². The number of carbonyl (C=O) groups excluding carboxylic acids is 1. The van der Waals surface area contributed by atoms with Crippen molar-refractivity contribution >= 4 is 5.97 Å². The van der Waals surface area contributed by atoms with Crippen LogP contribution >= 0.6 is 0 Å². The first kappa shape index (κ1) is 18.2. The first-order valence-electron chi connectivity index (χ1n) is 8.01.